The Bertz CT molecular complexity index is 1120. The number of amides is 1. The van der Waals surface area contributed by atoms with E-state index in [1.165, 1.54) is 4.90 Å². The molecule has 0 radical (unpaired) electrons. The number of hydrogen-bond acceptors (Lipinski definition) is 8. The molecular weight excluding hydrogens is 472 g/mol. The third-order valence-electron chi connectivity index (χ3n) is 5.77. The van der Waals surface area contributed by atoms with Crippen molar-refractivity contribution in [2.45, 2.75) is 16.8 Å². The minimum Gasteiger partial charge on any atom is -0.454 e. The molecule has 5 N–H and O–H groups in total. The lowest BCUT2D eigenvalue weighted by Crippen LogP contribution is -2.50. The predicted molar refractivity (Wildman–Crippen MR) is 134 cm³/mol. The first-order chi connectivity index (χ1) is 16.2. The van der Waals surface area contributed by atoms with Crippen LogP contribution in [0.1, 0.15) is 18.8 Å². The average Bonchev–Trinajstić information content (AvgIpc) is 3.36. The number of aliphatic hydroxyl groups is 1. The number of carbonyl (C=O) groups is 1. The lowest BCUT2D eigenvalue weighted by Gasteiger charge is -2.37. The maximum atomic E-state index is 12.8. The number of piperazine rings is 1. The Morgan fingerprint density at radius 2 is 1.77 bits per heavy atom. The van der Waals surface area contributed by atoms with Crippen LogP contribution in [-0.2, 0) is 10.5 Å². The SMILES string of the molecule is O.O.O=C(C(O)c1ccc2c(c1)OCO2)N1CCN(c2ccc(SCc3ccncn3)cc2)CC1.[HH]. The number of benzene rings is 2. The molecule has 1 fully saturated rings. The van der Waals surface area contributed by atoms with E-state index in [9.17, 15) is 9.90 Å². The molecule has 1 saturated heterocycles. The van der Waals surface area contributed by atoms with Crippen molar-refractivity contribution in [3.05, 3.63) is 72.3 Å². The maximum Gasteiger partial charge on any atom is 0.256 e. The monoisotopic (exact) mass is 502 g/mol. The van der Waals surface area contributed by atoms with Gasteiger partial charge in [-0.05, 0) is 48.0 Å². The third-order valence-corrected chi connectivity index (χ3v) is 6.82. The van der Waals surface area contributed by atoms with Crippen LogP contribution in [0.15, 0.2) is 66.0 Å². The van der Waals surface area contributed by atoms with Crippen molar-refractivity contribution in [2.75, 3.05) is 37.9 Å². The van der Waals surface area contributed by atoms with Crippen molar-refractivity contribution in [1.29, 1.82) is 0 Å². The van der Waals surface area contributed by atoms with Gasteiger partial charge in [0.2, 0.25) is 6.79 Å². The van der Waals surface area contributed by atoms with Gasteiger partial charge in [0, 0.05) is 50.1 Å². The molecule has 10 nitrogen and oxygen atoms in total. The van der Waals surface area contributed by atoms with Gasteiger partial charge in [0.15, 0.2) is 17.6 Å². The summed E-state index contributed by atoms with van der Waals surface area (Å²) in [6.07, 6.45) is 2.11. The largest absolute Gasteiger partial charge is 0.454 e. The molecule has 11 heteroatoms. The van der Waals surface area contributed by atoms with Crippen molar-refractivity contribution in [2.24, 2.45) is 0 Å². The minimum atomic E-state index is -1.21. The van der Waals surface area contributed by atoms with Gasteiger partial charge < -0.3 is 35.3 Å². The Kier molecular flexibility index (Phi) is 8.88. The van der Waals surface area contributed by atoms with Crippen LogP contribution in [0.3, 0.4) is 0 Å². The predicted octanol–water partition coefficient (Wildman–Crippen LogP) is 1.48. The Labute approximate surface area is 208 Å². The number of aromatic nitrogens is 2. The summed E-state index contributed by atoms with van der Waals surface area (Å²) in [7, 11) is 0. The highest BCUT2D eigenvalue weighted by molar-refractivity contribution is 7.98. The highest BCUT2D eigenvalue weighted by Crippen LogP contribution is 2.34. The Morgan fingerprint density at radius 3 is 2.49 bits per heavy atom. The van der Waals surface area contributed by atoms with E-state index >= 15 is 0 Å². The van der Waals surface area contributed by atoms with Crippen LogP contribution < -0.4 is 14.4 Å². The van der Waals surface area contributed by atoms with Crippen LogP contribution in [0.5, 0.6) is 11.5 Å². The van der Waals surface area contributed by atoms with Crippen molar-refractivity contribution in [3.63, 3.8) is 0 Å². The Balaban J connectivity index is 0.00000152. The van der Waals surface area contributed by atoms with E-state index in [1.807, 2.05) is 6.07 Å². The first-order valence-electron chi connectivity index (χ1n) is 10.8. The maximum absolute atomic E-state index is 12.8. The number of thioether (sulfide) groups is 1. The zero-order valence-electron chi connectivity index (χ0n) is 19.0. The molecule has 0 saturated carbocycles. The molecule has 1 amide bonds. The van der Waals surface area contributed by atoms with E-state index in [4.69, 9.17) is 9.47 Å². The molecule has 1 aromatic heterocycles. The van der Waals surface area contributed by atoms with Crippen LogP contribution in [0.2, 0.25) is 0 Å². The molecule has 0 aliphatic carbocycles. The van der Waals surface area contributed by atoms with Crippen LogP contribution in [0, 0.1) is 0 Å². The van der Waals surface area contributed by atoms with Gasteiger partial charge >= 0.3 is 0 Å². The lowest BCUT2D eigenvalue weighted by atomic mass is 10.1. The summed E-state index contributed by atoms with van der Waals surface area (Å²) >= 11 is 1.74. The smallest absolute Gasteiger partial charge is 0.256 e. The van der Waals surface area contributed by atoms with E-state index in [-0.39, 0.29) is 25.1 Å². The fourth-order valence-corrected chi connectivity index (χ4v) is 4.71. The zero-order valence-corrected chi connectivity index (χ0v) is 19.8. The van der Waals surface area contributed by atoms with Gasteiger partial charge in [-0.25, -0.2) is 9.97 Å². The second-order valence-corrected chi connectivity index (χ2v) is 8.86. The van der Waals surface area contributed by atoms with E-state index in [1.54, 1.807) is 47.4 Å². The van der Waals surface area contributed by atoms with E-state index in [2.05, 4.69) is 39.1 Å². The summed E-state index contributed by atoms with van der Waals surface area (Å²) < 4.78 is 10.6. The van der Waals surface area contributed by atoms with Crippen molar-refractivity contribution in [3.8, 4) is 11.5 Å². The Morgan fingerprint density at radius 1 is 1.03 bits per heavy atom. The number of fused-ring (bicyclic) bond motifs is 1. The van der Waals surface area contributed by atoms with Gasteiger partial charge in [0.25, 0.3) is 5.91 Å². The Hall–Kier alpha value is -3.38. The van der Waals surface area contributed by atoms with Gasteiger partial charge in [0.05, 0.1) is 5.69 Å². The van der Waals surface area contributed by atoms with E-state index < -0.39 is 6.10 Å². The molecule has 35 heavy (non-hydrogen) atoms. The van der Waals surface area contributed by atoms with Gasteiger partial charge in [0.1, 0.15) is 6.33 Å². The van der Waals surface area contributed by atoms with Crippen molar-refractivity contribution < 1.29 is 31.8 Å². The first kappa shape index (κ1) is 26.2. The van der Waals surface area contributed by atoms with Crippen LogP contribution in [0.4, 0.5) is 5.69 Å². The first-order valence-corrected chi connectivity index (χ1v) is 11.7. The van der Waals surface area contributed by atoms with Gasteiger partial charge in [-0.3, -0.25) is 4.79 Å². The second-order valence-electron chi connectivity index (χ2n) is 7.81. The molecular formula is C24H30N4O6S. The molecule has 0 bridgehead atoms. The minimum absolute atomic E-state index is 0. The number of aliphatic hydroxyl groups excluding tert-OH is 1. The summed E-state index contributed by atoms with van der Waals surface area (Å²) in [4.78, 5) is 26.2. The molecule has 3 aromatic rings. The highest BCUT2D eigenvalue weighted by atomic mass is 32.2. The molecule has 188 valence electrons. The van der Waals surface area contributed by atoms with Crippen molar-refractivity contribution in [1.82, 2.24) is 14.9 Å². The second kappa shape index (κ2) is 11.8. The molecule has 0 spiro atoms. The molecule has 2 aliphatic rings. The third kappa shape index (κ3) is 6.01. The zero-order chi connectivity index (χ0) is 22.6. The average molecular weight is 503 g/mol. The molecule has 5 rings (SSSR count). The highest BCUT2D eigenvalue weighted by Gasteiger charge is 2.28. The van der Waals surface area contributed by atoms with Crippen molar-refractivity contribution >= 4 is 23.4 Å². The normalized spacial score (nSPS) is 15.1. The molecule has 2 aliphatic heterocycles. The molecule has 3 heterocycles. The number of hydrogen-bond donors (Lipinski definition) is 1. The summed E-state index contributed by atoms with van der Waals surface area (Å²) in [5.41, 5.74) is 2.65. The topological polar surface area (TPSA) is 151 Å². The van der Waals surface area contributed by atoms with Gasteiger partial charge in [-0.15, -0.1) is 11.8 Å². The van der Waals surface area contributed by atoms with Crippen LogP contribution in [0.25, 0.3) is 0 Å². The fourth-order valence-electron chi connectivity index (χ4n) is 3.90. The van der Waals surface area contributed by atoms with Gasteiger partial charge in [-0.2, -0.15) is 0 Å². The lowest BCUT2D eigenvalue weighted by molar-refractivity contribution is -0.140. The number of ether oxygens (including phenoxy) is 2. The summed E-state index contributed by atoms with van der Waals surface area (Å²) in [5, 5.41) is 10.6. The fraction of sp³-hybridized carbons (Fsp3) is 0.292. The van der Waals surface area contributed by atoms with Crippen LogP contribution >= 0.6 is 11.8 Å². The number of anilines is 1. The standard InChI is InChI=1S/C24H24N4O4S.2H2O.H2/c29-23(17-1-6-21-22(13-17)32-16-31-21)24(30)28-11-9-27(10-12-28)19-2-4-20(5-3-19)33-14-18-7-8-25-15-26-18;;;/h1-8,13,15,23,29H,9-12,14,16H2;2*1H2;1H. The number of carbonyl (C=O) groups excluding carboxylic acids is 1. The van der Waals surface area contributed by atoms with Crippen LogP contribution in [-0.4, -0.2) is 69.8 Å². The summed E-state index contributed by atoms with van der Waals surface area (Å²) in [5.74, 6) is 1.70. The van der Waals surface area contributed by atoms with E-state index in [0.717, 1.165) is 17.1 Å². The molecule has 2 aromatic carbocycles. The summed E-state index contributed by atoms with van der Waals surface area (Å²) in [6, 6.07) is 15.5. The molecule has 1 unspecified atom stereocenters. The number of nitrogens with zero attached hydrogens (tertiary/aromatic N) is 4. The van der Waals surface area contributed by atoms with Gasteiger partial charge in [-0.1, -0.05) is 6.07 Å². The van der Waals surface area contributed by atoms with E-state index in [0.29, 0.717) is 43.2 Å². The molecule has 1 atom stereocenters. The quantitative estimate of drug-likeness (QED) is 0.498. The number of rotatable bonds is 6. The summed E-state index contributed by atoms with van der Waals surface area (Å²) in [6.45, 7) is 2.71.